The number of hydrogen-bond acceptors (Lipinski definition) is 6. The molecule has 0 aliphatic rings. The molecule has 0 radical (unpaired) electrons. The number of anilines is 1. The van der Waals surface area contributed by atoms with Gasteiger partial charge in [0.2, 0.25) is 11.0 Å². The molecule has 2 heterocycles. The minimum atomic E-state index is -0.361. The van der Waals surface area contributed by atoms with Gasteiger partial charge in [-0.2, -0.15) is 4.37 Å². The largest absolute Gasteiger partial charge is 0.444 e. The van der Waals surface area contributed by atoms with Crippen LogP contribution in [0.5, 0.6) is 0 Å². The second-order valence-electron chi connectivity index (χ2n) is 4.74. The fourth-order valence-corrected chi connectivity index (χ4v) is 2.19. The zero-order valence-corrected chi connectivity index (χ0v) is 12.6. The van der Waals surface area contributed by atoms with Gasteiger partial charge >= 0.3 is 6.03 Å². The molecule has 1 atom stereocenters. The van der Waals surface area contributed by atoms with Crippen molar-refractivity contribution in [1.29, 1.82) is 0 Å². The van der Waals surface area contributed by atoms with Crippen LogP contribution in [0, 0.1) is 6.92 Å². The lowest BCUT2D eigenvalue weighted by atomic mass is 10.2. The Hall–Kier alpha value is -1.96. The summed E-state index contributed by atoms with van der Waals surface area (Å²) in [5.41, 5.74) is 0. The molecule has 2 aromatic rings. The maximum absolute atomic E-state index is 11.8. The minimum absolute atomic E-state index is 0.235. The maximum Gasteiger partial charge on any atom is 0.321 e. The van der Waals surface area contributed by atoms with Crippen molar-refractivity contribution in [1.82, 2.24) is 19.7 Å². The Morgan fingerprint density at radius 1 is 1.40 bits per heavy atom. The highest BCUT2D eigenvalue weighted by Crippen LogP contribution is 2.17. The molecule has 2 N–H and O–H groups in total. The SMILES string of the molecule is Cc1cnc(C(C)NC(=O)Nc2nc(C(C)C)ns2)o1. The van der Waals surface area contributed by atoms with E-state index in [0.29, 0.717) is 16.8 Å². The summed E-state index contributed by atoms with van der Waals surface area (Å²) in [6.07, 6.45) is 1.62. The standard InChI is InChI=1S/C12H17N5O2S/c1-6(2)9-15-12(20-17-9)16-11(18)14-8(4)10-13-5-7(3)19-10/h5-6,8H,1-4H3,(H2,14,15,16,17,18). The fraction of sp³-hybridized carbons (Fsp3) is 0.500. The number of nitrogens with zero attached hydrogens (tertiary/aromatic N) is 3. The van der Waals surface area contributed by atoms with E-state index < -0.39 is 0 Å². The predicted molar refractivity (Wildman–Crippen MR) is 75.8 cm³/mol. The van der Waals surface area contributed by atoms with Gasteiger partial charge in [0.1, 0.15) is 17.6 Å². The molecule has 20 heavy (non-hydrogen) atoms. The van der Waals surface area contributed by atoms with Crippen LogP contribution in [0.2, 0.25) is 0 Å². The Bertz CT molecular complexity index is 592. The number of oxazole rings is 1. The molecule has 1 unspecified atom stereocenters. The summed E-state index contributed by atoms with van der Waals surface area (Å²) in [6, 6.07) is -0.680. The summed E-state index contributed by atoms with van der Waals surface area (Å²) < 4.78 is 9.52. The summed E-state index contributed by atoms with van der Waals surface area (Å²) in [6.45, 7) is 7.60. The number of hydrogen-bond donors (Lipinski definition) is 2. The number of rotatable bonds is 4. The van der Waals surface area contributed by atoms with Crippen LogP contribution in [0.15, 0.2) is 10.6 Å². The number of amides is 2. The molecule has 8 heteroatoms. The highest BCUT2D eigenvalue weighted by atomic mass is 32.1. The molecular weight excluding hydrogens is 278 g/mol. The van der Waals surface area contributed by atoms with E-state index in [9.17, 15) is 4.79 Å². The first kappa shape index (κ1) is 14.4. The highest BCUT2D eigenvalue weighted by molar-refractivity contribution is 7.09. The third-order valence-corrected chi connectivity index (χ3v) is 3.18. The lowest BCUT2D eigenvalue weighted by Gasteiger charge is -2.09. The van der Waals surface area contributed by atoms with E-state index >= 15 is 0 Å². The average Bonchev–Trinajstić information content (AvgIpc) is 2.98. The second-order valence-corrected chi connectivity index (χ2v) is 5.49. The van der Waals surface area contributed by atoms with Crippen LogP contribution in [0.1, 0.15) is 50.2 Å². The van der Waals surface area contributed by atoms with E-state index in [2.05, 4.69) is 25.0 Å². The van der Waals surface area contributed by atoms with Crippen molar-refractivity contribution in [2.45, 2.75) is 39.7 Å². The van der Waals surface area contributed by atoms with Crippen molar-refractivity contribution >= 4 is 22.7 Å². The zero-order chi connectivity index (χ0) is 14.7. The van der Waals surface area contributed by atoms with Gasteiger partial charge < -0.3 is 9.73 Å². The fourth-order valence-electron chi connectivity index (χ4n) is 1.48. The van der Waals surface area contributed by atoms with Crippen molar-refractivity contribution < 1.29 is 9.21 Å². The lowest BCUT2D eigenvalue weighted by molar-refractivity contribution is 0.247. The van der Waals surface area contributed by atoms with Gasteiger partial charge in [-0.15, -0.1) is 0 Å². The lowest BCUT2D eigenvalue weighted by Crippen LogP contribution is -2.31. The number of nitrogens with one attached hydrogen (secondary N) is 2. The number of aryl methyl sites for hydroxylation is 1. The third-order valence-electron chi connectivity index (χ3n) is 2.54. The molecular formula is C12H17N5O2S. The smallest absolute Gasteiger partial charge is 0.321 e. The Morgan fingerprint density at radius 3 is 2.70 bits per heavy atom. The third kappa shape index (κ3) is 3.53. The molecule has 2 amide bonds. The quantitative estimate of drug-likeness (QED) is 0.904. The van der Waals surface area contributed by atoms with Gasteiger partial charge in [0.05, 0.1) is 6.20 Å². The Balaban J connectivity index is 1.91. The highest BCUT2D eigenvalue weighted by Gasteiger charge is 2.16. The van der Waals surface area contributed by atoms with Crippen molar-refractivity contribution in [2.75, 3.05) is 5.32 Å². The summed E-state index contributed by atoms with van der Waals surface area (Å²) in [5, 5.41) is 5.85. The van der Waals surface area contributed by atoms with Crippen LogP contribution < -0.4 is 10.6 Å². The van der Waals surface area contributed by atoms with Crippen LogP contribution in [0.3, 0.4) is 0 Å². The van der Waals surface area contributed by atoms with Gasteiger partial charge in [-0.05, 0) is 13.8 Å². The van der Waals surface area contributed by atoms with E-state index in [1.807, 2.05) is 13.8 Å². The number of aromatic nitrogens is 3. The molecule has 108 valence electrons. The first-order chi connectivity index (χ1) is 9.45. The summed E-state index contributed by atoms with van der Waals surface area (Å²) in [7, 11) is 0. The van der Waals surface area contributed by atoms with Crippen molar-refractivity contribution in [3.8, 4) is 0 Å². The monoisotopic (exact) mass is 295 g/mol. The normalized spacial score (nSPS) is 12.4. The van der Waals surface area contributed by atoms with E-state index in [4.69, 9.17) is 4.42 Å². The molecule has 7 nitrogen and oxygen atoms in total. The van der Waals surface area contributed by atoms with Gasteiger partial charge in [0.15, 0.2) is 0 Å². The summed E-state index contributed by atoms with van der Waals surface area (Å²) in [4.78, 5) is 20.1. The van der Waals surface area contributed by atoms with Crippen LogP contribution >= 0.6 is 11.5 Å². The van der Waals surface area contributed by atoms with Gasteiger partial charge in [-0.3, -0.25) is 5.32 Å². The summed E-state index contributed by atoms with van der Waals surface area (Å²) >= 11 is 1.16. The van der Waals surface area contributed by atoms with Gasteiger partial charge in [0, 0.05) is 17.5 Å². The van der Waals surface area contributed by atoms with Crippen LogP contribution in [0.25, 0.3) is 0 Å². The van der Waals surface area contributed by atoms with Crippen LogP contribution in [0.4, 0.5) is 9.93 Å². The van der Waals surface area contributed by atoms with E-state index in [0.717, 1.165) is 17.4 Å². The number of carbonyl (C=O) groups is 1. The molecule has 0 aliphatic carbocycles. The molecule has 0 fully saturated rings. The molecule has 2 aromatic heterocycles. The van der Waals surface area contributed by atoms with E-state index in [1.165, 1.54) is 0 Å². The molecule has 0 saturated heterocycles. The number of carbonyl (C=O) groups excluding carboxylic acids is 1. The van der Waals surface area contributed by atoms with Crippen molar-refractivity contribution in [3.63, 3.8) is 0 Å². The summed E-state index contributed by atoms with van der Waals surface area (Å²) in [5.74, 6) is 2.14. The van der Waals surface area contributed by atoms with Crippen molar-refractivity contribution in [2.24, 2.45) is 0 Å². The average molecular weight is 295 g/mol. The van der Waals surface area contributed by atoms with Crippen LogP contribution in [-0.2, 0) is 0 Å². The Kier molecular flexibility index (Phi) is 4.33. The molecule has 0 spiro atoms. The van der Waals surface area contributed by atoms with Gasteiger partial charge in [-0.1, -0.05) is 13.8 Å². The second kappa shape index (κ2) is 6.00. The van der Waals surface area contributed by atoms with Gasteiger partial charge in [0.25, 0.3) is 0 Å². The maximum atomic E-state index is 11.8. The molecule has 0 bridgehead atoms. The Labute approximate surface area is 121 Å². The van der Waals surface area contributed by atoms with E-state index in [-0.39, 0.29) is 18.0 Å². The van der Waals surface area contributed by atoms with Crippen LogP contribution in [-0.4, -0.2) is 20.4 Å². The Morgan fingerprint density at radius 2 is 2.15 bits per heavy atom. The first-order valence-electron chi connectivity index (χ1n) is 6.29. The zero-order valence-electron chi connectivity index (χ0n) is 11.8. The van der Waals surface area contributed by atoms with Gasteiger partial charge in [-0.25, -0.2) is 14.8 Å². The molecule has 2 rings (SSSR count). The van der Waals surface area contributed by atoms with Crippen molar-refractivity contribution in [3.05, 3.63) is 23.7 Å². The minimum Gasteiger partial charge on any atom is -0.444 e. The first-order valence-corrected chi connectivity index (χ1v) is 7.06. The molecule has 0 saturated carbocycles. The number of urea groups is 1. The molecule has 0 aromatic carbocycles. The van der Waals surface area contributed by atoms with E-state index in [1.54, 1.807) is 20.0 Å². The topological polar surface area (TPSA) is 92.9 Å². The predicted octanol–water partition coefficient (Wildman–Crippen LogP) is 2.84. The molecule has 0 aliphatic heterocycles.